The number of hydrogen-bond donors (Lipinski definition) is 1. The molecule has 0 spiro atoms. The number of amides is 2. The van der Waals surface area contributed by atoms with Gasteiger partial charge in [0, 0.05) is 13.1 Å². The Morgan fingerprint density at radius 2 is 1.86 bits per heavy atom. The molecule has 0 aromatic rings. The maximum Gasteiger partial charge on any atom is 0.408 e. The molecule has 0 saturated carbocycles. The fourth-order valence-electron chi connectivity index (χ4n) is 1.91. The number of nitrogens with zero attached hydrogens (tertiary/aromatic N) is 1. The van der Waals surface area contributed by atoms with Crippen LogP contribution in [-0.2, 0) is 19.1 Å². The second-order valence-electron chi connectivity index (χ2n) is 6.01. The number of nitrogens with one attached hydrogen (secondary N) is 1. The Hall–Kier alpha value is -1.63. The molecule has 1 saturated heterocycles. The number of morpholine rings is 1. The van der Waals surface area contributed by atoms with Gasteiger partial charge in [0.15, 0.2) is 5.78 Å². The molecule has 1 atom stereocenters. The van der Waals surface area contributed by atoms with Crippen LogP contribution in [-0.4, -0.2) is 60.6 Å². The van der Waals surface area contributed by atoms with Crippen LogP contribution in [0.15, 0.2) is 0 Å². The molecular formula is C15H26N2O5. The molecule has 126 valence electrons. The number of Topliss-reactive ketones (excluding diaryl/α,β-unsaturated/α-hetero) is 1. The highest BCUT2D eigenvalue weighted by Crippen LogP contribution is 2.14. The van der Waals surface area contributed by atoms with Crippen LogP contribution < -0.4 is 5.32 Å². The third kappa shape index (κ3) is 6.01. The molecule has 0 aromatic heterocycles. The highest BCUT2D eigenvalue weighted by Gasteiger charge is 2.27. The lowest BCUT2D eigenvalue weighted by atomic mass is 10.1. The fourth-order valence-corrected chi connectivity index (χ4v) is 1.91. The molecule has 1 aliphatic rings. The van der Waals surface area contributed by atoms with E-state index >= 15 is 0 Å². The average Bonchev–Trinajstić information content (AvgIpc) is 2.46. The van der Waals surface area contributed by atoms with Gasteiger partial charge in [0.25, 0.3) is 0 Å². The van der Waals surface area contributed by atoms with Crippen LogP contribution in [0.4, 0.5) is 4.79 Å². The summed E-state index contributed by atoms with van der Waals surface area (Å²) in [6, 6.07) is -0.865. The van der Waals surface area contributed by atoms with Gasteiger partial charge >= 0.3 is 6.09 Å². The molecule has 0 aromatic carbocycles. The molecule has 0 radical (unpaired) electrons. The summed E-state index contributed by atoms with van der Waals surface area (Å²) in [7, 11) is 0. The topological polar surface area (TPSA) is 84.9 Å². The predicted molar refractivity (Wildman–Crippen MR) is 80.5 cm³/mol. The Morgan fingerprint density at radius 1 is 1.27 bits per heavy atom. The van der Waals surface area contributed by atoms with Crippen molar-refractivity contribution in [3.8, 4) is 0 Å². The summed E-state index contributed by atoms with van der Waals surface area (Å²) in [5, 5.41) is 2.49. The van der Waals surface area contributed by atoms with E-state index in [4.69, 9.17) is 9.47 Å². The number of carbonyl (C=O) groups excluding carboxylic acids is 3. The Morgan fingerprint density at radius 3 is 2.36 bits per heavy atom. The van der Waals surface area contributed by atoms with Crippen molar-refractivity contribution in [1.29, 1.82) is 0 Å². The molecule has 0 bridgehead atoms. The highest BCUT2D eigenvalue weighted by atomic mass is 16.6. The normalized spacial score (nSPS) is 16.8. The van der Waals surface area contributed by atoms with Gasteiger partial charge in [-0.3, -0.25) is 9.59 Å². The zero-order valence-electron chi connectivity index (χ0n) is 13.8. The lowest BCUT2D eigenvalue weighted by Gasteiger charge is -2.29. The minimum Gasteiger partial charge on any atom is -0.444 e. The van der Waals surface area contributed by atoms with E-state index in [1.54, 1.807) is 18.7 Å². The van der Waals surface area contributed by atoms with E-state index < -0.39 is 17.7 Å². The van der Waals surface area contributed by atoms with Gasteiger partial charge in [-0.15, -0.1) is 0 Å². The molecule has 1 N–H and O–H groups in total. The molecule has 2 amide bonds. The Balaban J connectivity index is 2.56. The molecule has 0 aliphatic carbocycles. The van der Waals surface area contributed by atoms with E-state index in [-0.39, 0.29) is 18.1 Å². The number of ether oxygens (including phenoxy) is 2. The van der Waals surface area contributed by atoms with Gasteiger partial charge in [-0.05, 0) is 27.2 Å². The number of carbonyl (C=O) groups is 3. The third-order valence-corrected chi connectivity index (χ3v) is 3.75. The molecular weight excluding hydrogens is 288 g/mol. The predicted octanol–water partition coefficient (Wildman–Crippen LogP) is 1.11. The first-order chi connectivity index (χ1) is 10.2. The van der Waals surface area contributed by atoms with Crippen LogP contribution in [0.2, 0.25) is 0 Å². The highest BCUT2D eigenvalue weighted by molar-refractivity contribution is 5.90. The summed E-state index contributed by atoms with van der Waals surface area (Å²) in [6.07, 6.45) is -0.0867. The third-order valence-electron chi connectivity index (χ3n) is 3.75. The zero-order chi connectivity index (χ0) is 16.8. The minimum atomic E-state index is -0.865. The molecule has 1 fully saturated rings. The molecule has 0 unspecified atom stereocenters. The fraction of sp³-hybridized carbons (Fsp3) is 0.800. The first-order valence-electron chi connectivity index (χ1n) is 7.60. The number of ketones is 1. The van der Waals surface area contributed by atoms with Crippen molar-refractivity contribution in [2.45, 2.75) is 52.2 Å². The summed E-state index contributed by atoms with van der Waals surface area (Å²) < 4.78 is 10.4. The molecule has 1 aliphatic heterocycles. The van der Waals surface area contributed by atoms with Crippen LogP contribution in [0.25, 0.3) is 0 Å². The van der Waals surface area contributed by atoms with Crippen molar-refractivity contribution in [3.63, 3.8) is 0 Å². The van der Waals surface area contributed by atoms with E-state index in [0.717, 1.165) is 0 Å². The van der Waals surface area contributed by atoms with E-state index in [1.165, 1.54) is 6.92 Å². The Labute approximate surface area is 131 Å². The quantitative estimate of drug-likeness (QED) is 0.794. The van der Waals surface area contributed by atoms with Crippen molar-refractivity contribution < 1.29 is 23.9 Å². The van der Waals surface area contributed by atoms with Gasteiger partial charge in [-0.1, -0.05) is 6.92 Å². The molecule has 22 heavy (non-hydrogen) atoms. The average molecular weight is 314 g/mol. The summed E-state index contributed by atoms with van der Waals surface area (Å²) in [5.41, 5.74) is -0.611. The van der Waals surface area contributed by atoms with Gasteiger partial charge in [0.1, 0.15) is 5.60 Å². The second kappa shape index (κ2) is 8.12. The molecule has 7 nitrogen and oxygen atoms in total. The lowest BCUT2D eigenvalue weighted by molar-refractivity contribution is -0.137. The minimum absolute atomic E-state index is 0.0585. The second-order valence-corrected chi connectivity index (χ2v) is 6.01. The van der Waals surface area contributed by atoms with Crippen molar-refractivity contribution in [1.82, 2.24) is 10.2 Å². The number of alkyl carbamates (subject to hydrolysis) is 1. The van der Waals surface area contributed by atoms with Crippen molar-refractivity contribution >= 4 is 17.8 Å². The van der Waals surface area contributed by atoms with Gasteiger partial charge in [0.05, 0.1) is 25.7 Å². The standard InChI is InChI=1S/C15H26N2O5/c1-5-15(3,4)22-14(20)16-12(11(2)18)10-13(19)17-6-8-21-9-7-17/h12H,5-10H2,1-4H3,(H,16,20)/t12-/m1/s1. The van der Waals surface area contributed by atoms with Gasteiger partial charge in [0.2, 0.25) is 5.91 Å². The summed E-state index contributed by atoms with van der Waals surface area (Å²) in [4.78, 5) is 37.3. The first kappa shape index (κ1) is 18.4. The Bertz CT molecular complexity index is 416. The first-order valence-corrected chi connectivity index (χ1v) is 7.60. The van der Waals surface area contributed by atoms with E-state index in [0.29, 0.717) is 32.7 Å². The summed E-state index contributed by atoms with van der Waals surface area (Å²) in [5.74, 6) is -0.439. The van der Waals surface area contributed by atoms with E-state index in [9.17, 15) is 14.4 Å². The number of rotatable bonds is 6. The van der Waals surface area contributed by atoms with Crippen molar-refractivity contribution in [3.05, 3.63) is 0 Å². The molecule has 1 heterocycles. The molecule has 1 rings (SSSR count). The van der Waals surface area contributed by atoms with Gasteiger partial charge < -0.3 is 19.7 Å². The van der Waals surface area contributed by atoms with Gasteiger partial charge in [-0.2, -0.15) is 0 Å². The SMILES string of the molecule is CCC(C)(C)OC(=O)N[C@H](CC(=O)N1CCOCC1)C(C)=O. The van der Waals surface area contributed by atoms with Gasteiger partial charge in [-0.25, -0.2) is 4.79 Å². The van der Waals surface area contributed by atoms with E-state index in [1.807, 2.05) is 6.92 Å². The summed E-state index contributed by atoms with van der Waals surface area (Å²) >= 11 is 0. The van der Waals surface area contributed by atoms with Crippen LogP contribution >= 0.6 is 0 Å². The zero-order valence-corrected chi connectivity index (χ0v) is 13.8. The number of hydrogen-bond acceptors (Lipinski definition) is 5. The monoisotopic (exact) mass is 314 g/mol. The smallest absolute Gasteiger partial charge is 0.408 e. The summed E-state index contributed by atoms with van der Waals surface area (Å²) in [6.45, 7) is 8.84. The molecule has 7 heteroatoms. The largest absolute Gasteiger partial charge is 0.444 e. The van der Waals surface area contributed by atoms with Crippen LogP contribution in [0.1, 0.15) is 40.5 Å². The lowest BCUT2D eigenvalue weighted by Crippen LogP contribution is -2.48. The van der Waals surface area contributed by atoms with E-state index in [2.05, 4.69) is 5.32 Å². The van der Waals surface area contributed by atoms with Crippen LogP contribution in [0, 0.1) is 0 Å². The van der Waals surface area contributed by atoms with Crippen molar-refractivity contribution in [2.75, 3.05) is 26.3 Å². The maximum absolute atomic E-state index is 12.2. The van der Waals surface area contributed by atoms with Crippen LogP contribution in [0.3, 0.4) is 0 Å². The van der Waals surface area contributed by atoms with Crippen molar-refractivity contribution in [2.24, 2.45) is 0 Å². The van der Waals surface area contributed by atoms with Crippen LogP contribution in [0.5, 0.6) is 0 Å². The maximum atomic E-state index is 12.2. The Kier molecular flexibility index (Phi) is 6.80.